The van der Waals surface area contributed by atoms with Gasteiger partial charge in [0.1, 0.15) is 5.54 Å². The van der Waals surface area contributed by atoms with Crippen LogP contribution in [0.4, 0.5) is 0 Å². The molecule has 1 saturated carbocycles. The van der Waals surface area contributed by atoms with Gasteiger partial charge in [-0.2, -0.15) is 5.26 Å². The molecule has 0 spiro atoms. The third-order valence-electron chi connectivity index (χ3n) is 4.65. The van der Waals surface area contributed by atoms with Crippen LogP contribution in [0.5, 0.6) is 0 Å². The Morgan fingerprint density at radius 1 is 1.37 bits per heavy atom. The van der Waals surface area contributed by atoms with Crippen LogP contribution in [0, 0.1) is 17.2 Å². The molecule has 0 aromatic carbocycles. The molecule has 0 radical (unpaired) electrons. The largest absolute Gasteiger partial charge is 0.379 e. The SMILES string of the molecule is CNC1(C#N)CCCC1CCOCC1CCCCO1. The van der Waals surface area contributed by atoms with E-state index in [0.717, 1.165) is 45.3 Å². The van der Waals surface area contributed by atoms with Crippen LogP contribution in [0.2, 0.25) is 0 Å². The summed E-state index contributed by atoms with van der Waals surface area (Å²) in [7, 11) is 1.90. The van der Waals surface area contributed by atoms with Crippen LogP contribution in [0.25, 0.3) is 0 Å². The smallest absolute Gasteiger partial charge is 0.109 e. The van der Waals surface area contributed by atoms with Crippen molar-refractivity contribution in [2.24, 2.45) is 5.92 Å². The molecule has 2 rings (SSSR count). The van der Waals surface area contributed by atoms with Crippen LogP contribution in [0.3, 0.4) is 0 Å². The van der Waals surface area contributed by atoms with E-state index < -0.39 is 0 Å². The second kappa shape index (κ2) is 7.23. The molecular weight excluding hydrogens is 240 g/mol. The van der Waals surface area contributed by atoms with E-state index >= 15 is 0 Å². The second-order valence-corrected chi connectivity index (χ2v) is 5.77. The van der Waals surface area contributed by atoms with Gasteiger partial charge in [-0.25, -0.2) is 0 Å². The van der Waals surface area contributed by atoms with E-state index in [2.05, 4.69) is 11.4 Å². The maximum absolute atomic E-state index is 9.37. The van der Waals surface area contributed by atoms with Gasteiger partial charge in [-0.05, 0) is 51.5 Å². The number of hydrogen-bond donors (Lipinski definition) is 1. The van der Waals surface area contributed by atoms with E-state index in [9.17, 15) is 5.26 Å². The lowest BCUT2D eigenvalue weighted by Gasteiger charge is -2.28. The minimum Gasteiger partial charge on any atom is -0.379 e. The first kappa shape index (κ1) is 14.8. The van der Waals surface area contributed by atoms with E-state index in [1.165, 1.54) is 12.8 Å². The van der Waals surface area contributed by atoms with Crippen LogP contribution in [-0.4, -0.2) is 38.5 Å². The molecule has 1 N–H and O–H groups in total. The zero-order chi connectivity index (χ0) is 13.6. The zero-order valence-corrected chi connectivity index (χ0v) is 12.0. The molecule has 2 aliphatic rings. The highest BCUT2D eigenvalue weighted by Gasteiger charge is 2.41. The summed E-state index contributed by atoms with van der Waals surface area (Å²) in [6.07, 6.45) is 8.09. The average molecular weight is 266 g/mol. The molecule has 4 heteroatoms. The molecular formula is C15H26N2O2. The standard InChI is InChI=1S/C15H26N2O2/c1-17-15(12-16)8-4-5-13(15)7-10-18-11-14-6-2-3-9-19-14/h13-14,17H,2-11H2,1H3. The Hall–Kier alpha value is -0.630. The lowest BCUT2D eigenvalue weighted by atomic mass is 9.86. The minimum absolute atomic E-state index is 0.294. The normalized spacial score (nSPS) is 35.2. The van der Waals surface area contributed by atoms with Crippen molar-refractivity contribution in [3.63, 3.8) is 0 Å². The highest BCUT2D eigenvalue weighted by atomic mass is 16.5. The van der Waals surface area contributed by atoms with E-state index in [0.29, 0.717) is 18.6 Å². The summed E-state index contributed by atoms with van der Waals surface area (Å²) in [5.74, 6) is 0.426. The molecule has 3 atom stereocenters. The van der Waals surface area contributed by atoms with E-state index in [1.807, 2.05) is 7.05 Å². The molecule has 0 aromatic rings. The van der Waals surface area contributed by atoms with Crippen molar-refractivity contribution in [1.29, 1.82) is 5.26 Å². The van der Waals surface area contributed by atoms with Gasteiger partial charge >= 0.3 is 0 Å². The lowest BCUT2D eigenvalue weighted by Crippen LogP contribution is -2.45. The Morgan fingerprint density at radius 3 is 2.95 bits per heavy atom. The van der Waals surface area contributed by atoms with Crippen molar-refractivity contribution < 1.29 is 9.47 Å². The van der Waals surface area contributed by atoms with Crippen molar-refractivity contribution in [1.82, 2.24) is 5.32 Å². The molecule has 1 aliphatic heterocycles. The van der Waals surface area contributed by atoms with Crippen molar-refractivity contribution in [2.45, 2.75) is 56.6 Å². The number of nitrogens with zero attached hydrogens (tertiary/aromatic N) is 1. The molecule has 0 amide bonds. The Bertz CT molecular complexity index is 310. The summed E-state index contributed by atoms with van der Waals surface area (Å²) < 4.78 is 11.4. The molecule has 1 aliphatic carbocycles. The maximum atomic E-state index is 9.37. The predicted octanol–water partition coefficient (Wildman–Crippen LogP) is 2.24. The third-order valence-corrected chi connectivity index (χ3v) is 4.65. The van der Waals surface area contributed by atoms with E-state index in [-0.39, 0.29) is 5.54 Å². The summed E-state index contributed by atoms with van der Waals surface area (Å²) >= 11 is 0. The summed E-state index contributed by atoms with van der Waals surface area (Å²) in [5, 5.41) is 12.6. The molecule has 2 fully saturated rings. The quantitative estimate of drug-likeness (QED) is 0.749. The molecule has 1 saturated heterocycles. The Labute approximate surface area is 116 Å². The fourth-order valence-electron chi connectivity index (χ4n) is 3.38. The summed E-state index contributed by atoms with van der Waals surface area (Å²) in [6.45, 7) is 2.34. The van der Waals surface area contributed by atoms with Crippen molar-refractivity contribution in [2.75, 3.05) is 26.9 Å². The number of rotatable bonds is 6. The molecule has 0 aromatic heterocycles. The third kappa shape index (κ3) is 3.68. The minimum atomic E-state index is -0.315. The Balaban J connectivity index is 1.66. The fraction of sp³-hybridized carbons (Fsp3) is 0.933. The maximum Gasteiger partial charge on any atom is 0.109 e. The van der Waals surface area contributed by atoms with Crippen molar-refractivity contribution in [3.8, 4) is 6.07 Å². The van der Waals surface area contributed by atoms with E-state index in [4.69, 9.17) is 9.47 Å². The molecule has 108 valence electrons. The van der Waals surface area contributed by atoms with Gasteiger partial charge in [0, 0.05) is 13.2 Å². The van der Waals surface area contributed by atoms with Crippen LogP contribution >= 0.6 is 0 Å². The van der Waals surface area contributed by atoms with Gasteiger partial charge in [-0.15, -0.1) is 0 Å². The van der Waals surface area contributed by atoms with Gasteiger partial charge < -0.3 is 14.8 Å². The topological polar surface area (TPSA) is 54.3 Å². The number of hydrogen-bond acceptors (Lipinski definition) is 4. The first-order valence-electron chi connectivity index (χ1n) is 7.60. The van der Waals surface area contributed by atoms with Crippen LogP contribution < -0.4 is 5.32 Å². The first-order valence-corrected chi connectivity index (χ1v) is 7.60. The van der Waals surface area contributed by atoms with E-state index in [1.54, 1.807) is 0 Å². The van der Waals surface area contributed by atoms with Gasteiger partial charge in [-0.1, -0.05) is 6.42 Å². The van der Waals surface area contributed by atoms with Crippen molar-refractivity contribution >= 4 is 0 Å². The van der Waals surface area contributed by atoms with Gasteiger partial charge in [0.2, 0.25) is 0 Å². The number of nitrogens with one attached hydrogen (secondary N) is 1. The summed E-state index contributed by atoms with van der Waals surface area (Å²) in [4.78, 5) is 0. The average Bonchev–Trinajstić information content (AvgIpc) is 2.88. The fourth-order valence-corrected chi connectivity index (χ4v) is 3.38. The number of nitriles is 1. The second-order valence-electron chi connectivity index (χ2n) is 5.77. The summed E-state index contributed by atoms with van der Waals surface area (Å²) in [6, 6.07) is 2.48. The number of ether oxygens (including phenoxy) is 2. The Morgan fingerprint density at radius 2 is 2.26 bits per heavy atom. The molecule has 0 bridgehead atoms. The highest BCUT2D eigenvalue weighted by Crippen LogP contribution is 2.37. The zero-order valence-electron chi connectivity index (χ0n) is 12.0. The van der Waals surface area contributed by atoms with Crippen LogP contribution in [-0.2, 0) is 9.47 Å². The first-order chi connectivity index (χ1) is 9.30. The van der Waals surface area contributed by atoms with Gasteiger partial charge in [-0.3, -0.25) is 0 Å². The van der Waals surface area contributed by atoms with Crippen LogP contribution in [0.1, 0.15) is 44.9 Å². The predicted molar refractivity (Wildman–Crippen MR) is 73.8 cm³/mol. The summed E-state index contributed by atoms with van der Waals surface area (Å²) in [5.41, 5.74) is -0.315. The van der Waals surface area contributed by atoms with Crippen LogP contribution in [0.15, 0.2) is 0 Å². The molecule has 4 nitrogen and oxygen atoms in total. The van der Waals surface area contributed by atoms with Gasteiger partial charge in [0.05, 0.1) is 18.8 Å². The highest BCUT2D eigenvalue weighted by molar-refractivity contribution is 5.13. The molecule has 1 heterocycles. The monoisotopic (exact) mass is 266 g/mol. The Kier molecular flexibility index (Phi) is 5.62. The molecule has 19 heavy (non-hydrogen) atoms. The lowest BCUT2D eigenvalue weighted by molar-refractivity contribution is -0.0430. The van der Waals surface area contributed by atoms with Gasteiger partial charge in [0.25, 0.3) is 0 Å². The van der Waals surface area contributed by atoms with Gasteiger partial charge in [0.15, 0.2) is 0 Å². The van der Waals surface area contributed by atoms with Crippen molar-refractivity contribution in [3.05, 3.63) is 0 Å². The molecule has 3 unspecified atom stereocenters.